The van der Waals surface area contributed by atoms with Crippen LogP contribution in [0, 0.1) is 5.92 Å². The molecule has 0 amide bonds. The summed E-state index contributed by atoms with van der Waals surface area (Å²) in [6.07, 6.45) is 0.660. The number of alkyl halides is 1. The lowest BCUT2D eigenvalue weighted by molar-refractivity contribution is 0.499. The molecule has 20 heavy (non-hydrogen) atoms. The van der Waals surface area contributed by atoms with Crippen molar-refractivity contribution in [2.24, 2.45) is 5.92 Å². The minimum Gasteiger partial charge on any atom is -0.313 e. The van der Waals surface area contributed by atoms with E-state index in [9.17, 15) is 0 Å². The van der Waals surface area contributed by atoms with E-state index >= 15 is 0 Å². The van der Waals surface area contributed by atoms with E-state index in [0.717, 1.165) is 23.8 Å². The SMILES string of the molecule is CC(C)Cn1c(CCl)nnc1Cc1ccc(Cl)c(Cl)c1. The minimum absolute atomic E-state index is 0.362. The van der Waals surface area contributed by atoms with Gasteiger partial charge in [0, 0.05) is 13.0 Å². The lowest BCUT2D eigenvalue weighted by atomic mass is 10.1. The van der Waals surface area contributed by atoms with Crippen LogP contribution in [0.1, 0.15) is 31.1 Å². The van der Waals surface area contributed by atoms with Crippen LogP contribution in [0.15, 0.2) is 18.2 Å². The normalized spacial score (nSPS) is 11.3. The van der Waals surface area contributed by atoms with Crippen LogP contribution >= 0.6 is 34.8 Å². The third-order valence-corrected chi connectivity index (χ3v) is 3.90. The maximum atomic E-state index is 6.04. The van der Waals surface area contributed by atoms with Crippen molar-refractivity contribution in [1.29, 1.82) is 0 Å². The van der Waals surface area contributed by atoms with Crippen molar-refractivity contribution in [1.82, 2.24) is 14.8 Å². The number of halogens is 3. The molecule has 0 bridgehead atoms. The molecule has 108 valence electrons. The molecule has 1 heterocycles. The van der Waals surface area contributed by atoms with E-state index in [1.807, 2.05) is 12.1 Å². The Morgan fingerprint density at radius 3 is 2.40 bits per heavy atom. The molecule has 2 rings (SSSR count). The third-order valence-electron chi connectivity index (χ3n) is 2.92. The fraction of sp³-hybridized carbons (Fsp3) is 0.429. The molecule has 0 unspecified atom stereocenters. The molecule has 0 fully saturated rings. The van der Waals surface area contributed by atoms with Crippen LogP contribution < -0.4 is 0 Å². The lowest BCUT2D eigenvalue weighted by Crippen LogP contribution is -2.11. The van der Waals surface area contributed by atoms with E-state index in [1.165, 1.54) is 0 Å². The van der Waals surface area contributed by atoms with Gasteiger partial charge in [-0.05, 0) is 23.6 Å². The molecule has 2 aromatic rings. The average molecular weight is 333 g/mol. The summed E-state index contributed by atoms with van der Waals surface area (Å²) in [5.74, 6) is 2.56. The molecule has 6 heteroatoms. The molecular weight excluding hydrogens is 317 g/mol. The second kappa shape index (κ2) is 6.79. The largest absolute Gasteiger partial charge is 0.313 e. The van der Waals surface area contributed by atoms with Crippen LogP contribution in [-0.4, -0.2) is 14.8 Å². The first-order valence-electron chi connectivity index (χ1n) is 6.42. The maximum Gasteiger partial charge on any atom is 0.147 e. The first-order valence-corrected chi connectivity index (χ1v) is 7.71. The number of aromatic nitrogens is 3. The first-order chi connectivity index (χ1) is 9.51. The molecule has 0 saturated heterocycles. The maximum absolute atomic E-state index is 6.04. The molecule has 0 spiro atoms. The van der Waals surface area contributed by atoms with Crippen LogP contribution in [0.2, 0.25) is 10.0 Å². The van der Waals surface area contributed by atoms with Crippen LogP contribution in [0.4, 0.5) is 0 Å². The summed E-state index contributed by atoms with van der Waals surface area (Å²) < 4.78 is 2.08. The van der Waals surface area contributed by atoms with E-state index in [4.69, 9.17) is 34.8 Å². The van der Waals surface area contributed by atoms with Gasteiger partial charge in [0.05, 0.1) is 15.9 Å². The minimum atomic E-state index is 0.362. The number of benzene rings is 1. The average Bonchev–Trinajstić information content (AvgIpc) is 2.76. The summed E-state index contributed by atoms with van der Waals surface area (Å²) in [5, 5.41) is 9.49. The van der Waals surface area contributed by atoms with Gasteiger partial charge >= 0.3 is 0 Å². The first kappa shape index (κ1) is 15.6. The van der Waals surface area contributed by atoms with Crippen molar-refractivity contribution in [3.63, 3.8) is 0 Å². The van der Waals surface area contributed by atoms with Gasteiger partial charge < -0.3 is 4.57 Å². The van der Waals surface area contributed by atoms with Gasteiger partial charge in [-0.1, -0.05) is 43.1 Å². The zero-order chi connectivity index (χ0) is 14.7. The van der Waals surface area contributed by atoms with Gasteiger partial charge in [0.1, 0.15) is 11.6 Å². The highest BCUT2D eigenvalue weighted by Gasteiger charge is 2.13. The fourth-order valence-corrected chi connectivity index (χ4v) is 2.53. The van der Waals surface area contributed by atoms with Gasteiger partial charge in [-0.3, -0.25) is 0 Å². The quantitative estimate of drug-likeness (QED) is 0.751. The Kier molecular flexibility index (Phi) is 5.30. The van der Waals surface area contributed by atoms with Crippen molar-refractivity contribution in [2.75, 3.05) is 0 Å². The monoisotopic (exact) mass is 331 g/mol. The molecule has 0 radical (unpaired) electrons. The third kappa shape index (κ3) is 3.66. The molecule has 1 aromatic heterocycles. The molecule has 0 N–H and O–H groups in total. The van der Waals surface area contributed by atoms with Gasteiger partial charge in [-0.25, -0.2) is 0 Å². The van der Waals surface area contributed by atoms with Crippen LogP contribution in [0.5, 0.6) is 0 Å². The van der Waals surface area contributed by atoms with Gasteiger partial charge in [-0.15, -0.1) is 21.8 Å². The predicted molar refractivity (Wildman–Crippen MR) is 83.7 cm³/mol. The van der Waals surface area contributed by atoms with Crippen LogP contribution in [-0.2, 0) is 18.8 Å². The number of hydrogen-bond donors (Lipinski definition) is 0. The van der Waals surface area contributed by atoms with E-state index in [-0.39, 0.29) is 0 Å². The topological polar surface area (TPSA) is 30.7 Å². The summed E-state index contributed by atoms with van der Waals surface area (Å²) in [4.78, 5) is 0. The highest BCUT2D eigenvalue weighted by Crippen LogP contribution is 2.24. The van der Waals surface area contributed by atoms with E-state index in [2.05, 4.69) is 28.6 Å². The van der Waals surface area contributed by atoms with Crippen LogP contribution in [0.25, 0.3) is 0 Å². The standard InChI is InChI=1S/C14H16Cl3N3/c1-9(2)8-20-13(18-19-14(20)7-15)6-10-3-4-11(16)12(17)5-10/h3-5,9H,6-8H2,1-2H3. The fourth-order valence-electron chi connectivity index (χ4n) is 2.01. The molecule has 0 atom stereocenters. The van der Waals surface area contributed by atoms with Crippen molar-refractivity contribution in [3.05, 3.63) is 45.5 Å². The smallest absolute Gasteiger partial charge is 0.147 e. The van der Waals surface area contributed by atoms with Crippen molar-refractivity contribution < 1.29 is 0 Å². The Labute approximate surface area is 133 Å². The zero-order valence-electron chi connectivity index (χ0n) is 11.4. The van der Waals surface area contributed by atoms with Gasteiger partial charge in [0.2, 0.25) is 0 Å². The molecule has 1 aromatic carbocycles. The van der Waals surface area contributed by atoms with Crippen molar-refractivity contribution >= 4 is 34.8 Å². The summed E-state index contributed by atoms with van der Waals surface area (Å²) in [5.41, 5.74) is 1.05. The van der Waals surface area contributed by atoms with Gasteiger partial charge in [0.25, 0.3) is 0 Å². The van der Waals surface area contributed by atoms with E-state index in [0.29, 0.717) is 28.3 Å². The Morgan fingerprint density at radius 2 is 1.80 bits per heavy atom. The number of rotatable bonds is 5. The van der Waals surface area contributed by atoms with Crippen molar-refractivity contribution in [2.45, 2.75) is 32.7 Å². The highest BCUT2D eigenvalue weighted by atomic mass is 35.5. The molecule has 3 nitrogen and oxygen atoms in total. The van der Waals surface area contributed by atoms with Gasteiger partial charge in [0.15, 0.2) is 0 Å². The zero-order valence-corrected chi connectivity index (χ0v) is 13.7. The van der Waals surface area contributed by atoms with E-state index < -0.39 is 0 Å². The van der Waals surface area contributed by atoms with E-state index in [1.54, 1.807) is 6.07 Å². The molecule has 0 saturated carbocycles. The number of nitrogens with zero attached hydrogens (tertiary/aromatic N) is 3. The Hall–Kier alpha value is -0.770. The summed E-state index contributed by atoms with van der Waals surface area (Å²) in [6.45, 7) is 5.16. The Morgan fingerprint density at radius 1 is 1.10 bits per heavy atom. The van der Waals surface area contributed by atoms with Crippen LogP contribution in [0.3, 0.4) is 0 Å². The summed E-state index contributed by atoms with van der Waals surface area (Å²) in [7, 11) is 0. The predicted octanol–water partition coefficient (Wildman–Crippen LogP) is 4.57. The van der Waals surface area contributed by atoms with Crippen molar-refractivity contribution in [3.8, 4) is 0 Å². The molecule has 0 aliphatic heterocycles. The second-order valence-electron chi connectivity index (χ2n) is 5.10. The molecule has 0 aliphatic carbocycles. The number of hydrogen-bond acceptors (Lipinski definition) is 2. The Balaban J connectivity index is 2.28. The second-order valence-corrected chi connectivity index (χ2v) is 6.18. The molecular formula is C14H16Cl3N3. The lowest BCUT2D eigenvalue weighted by Gasteiger charge is -2.12. The molecule has 0 aliphatic rings. The highest BCUT2D eigenvalue weighted by molar-refractivity contribution is 6.42. The van der Waals surface area contributed by atoms with Gasteiger partial charge in [-0.2, -0.15) is 0 Å². The summed E-state index contributed by atoms with van der Waals surface area (Å²) >= 11 is 17.9. The summed E-state index contributed by atoms with van der Waals surface area (Å²) in [6, 6.07) is 5.60. The Bertz CT molecular complexity index is 593.